The van der Waals surface area contributed by atoms with Crippen LogP contribution >= 0.6 is 0 Å². The summed E-state index contributed by atoms with van der Waals surface area (Å²) in [5.41, 5.74) is 2.94. The Hall–Kier alpha value is -4.00. The predicted molar refractivity (Wildman–Crippen MR) is 117 cm³/mol. The fourth-order valence-electron chi connectivity index (χ4n) is 3.19. The number of hydrogen-bond acceptors (Lipinski definition) is 5. The van der Waals surface area contributed by atoms with Crippen molar-refractivity contribution in [1.29, 1.82) is 0 Å². The van der Waals surface area contributed by atoms with E-state index in [0.717, 1.165) is 10.4 Å². The number of amides is 1. The molecule has 1 aromatic heterocycles. The minimum absolute atomic E-state index is 0.157. The molecular formula is C23H21N5O2. The summed E-state index contributed by atoms with van der Waals surface area (Å²) in [7, 11) is 0. The standard InChI is InChI=1S/C23H21N5O2/c1-16(17-7-3-2-4-8-17)24-18-11-13-19(14-12-18)25-22(29)15-28-23(30)20-9-5-6-10-21(20)26-27-28/h2-14,16,24H,15H2,1H3,(H,25,29). The molecule has 4 aromatic rings. The maximum Gasteiger partial charge on any atom is 0.278 e. The van der Waals surface area contributed by atoms with E-state index in [9.17, 15) is 9.59 Å². The van der Waals surface area contributed by atoms with Crippen molar-refractivity contribution in [2.24, 2.45) is 0 Å². The SMILES string of the molecule is CC(Nc1ccc(NC(=O)Cn2nnc3ccccc3c2=O)cc1)c1ccccc1. The fourth-order valence-corrected chi connectivity index (χ4v) is 3.19. The Labute approximate surface area is 173 Å². The number of benzene rings is 3. The van der Waals surface area contributed by atoms with E-state index < -0.39 is 0 Å². The third kappa shape index (κ3) is 4.35. The first kappa shape index (κ1) is 19.3. The van der Waals surface area contributed by atoms with Crippen molar-refractivity contribution in [3.63, 3.8) is 0 Å². The normalized spacial score (nSPS) is 11.8. The van der Waals surface area contributed by atoms with Gasteiger partial charge in [-0.15, -0.1) is 5.10 Å². The number of carbonyl (C=O) groups excluding carboxylic acids is 1. The Morgan fingerprint density at radius 1 is 0.933 bits per heavy atom. The van der Waals surface area contributed by atoms with Gasteiger partial charge in [0.1, 0.15) is 12.1 Å². The van der Waals surface area contributed by atoms with Gasteiger partial charge in [-0.1, -0.05) is 47.7 Å². The van der Waals surface area contributed by atoms with Gasteiger partial charge in [0.05, 0.1) is 5.39 Å². The molecule has 0 spiro atoms. The Balaban J connectivity index is 1.39. The van der Waals surface area contributed by atoms with Crippen molar-refractivity contribution >= 4 is 28.2 Å². The third-order valence-electron chi connectivity index (χ3n) is 4.77. The van der Waals surface area contributed by atoms with Gasteiger partial charge in [0.15, 0.2) is 0 Å². The molecule has 1 atom stereocenters. The summed E-state index contributed by atoms with van der Waals surface area (Å²) in [6, 6.07) is 24.7. The Morgan fingerprint density at radius 3 is 2.37 bits per heavy atom. The average molecular weight is 399 g/mol. The van der Waals surface area contributed by atoms with Crippen LogP contribution in [0.3, 0.4) is 0 Å². The van der Waals surface area contributed by atoms with Gasteiger partial charge >= 0.3 is 0 Å². The number of carbonyl (C=O) groups is 1. The maximum absolute atomic E-state index is 12.5. The van der Waals surface area contributed by atoms with Crippen LogP contribution in [-0.4, -0.2) is 20.9 Å². The number of anilines is 2. The molecule has 0 radical (unpaired) electrons. The van der Waals surface area contributed by atoms with Crippen molar-refractivity contribution in [2.75, 3.05) is 10.6 Å². The summed E-state index contributed by atoms with van der Waals surface area (Å²) < 4.78 is 1.06. The van der Waals surface area contributed by atoms with Crippen LogP contribution in [0.2, 0.25) is 0 Å². The topological polar surface area (TPSA) is 88.9 Å². The second-order valence-corrected chi connectivity index (χ2v) is 6.97. The van der Waals surface area contributed by atoms with Gasteiger partial charge in [-0.3, -0.25) is 9.59 Å². The van der Waals surface area contributed by atoms with Gasteiger partial charge < -0.3 is 10.6 Å². The van der Waals surface area contributed by atoms with E-state index >= 15 is 0 Å². The molecule has 1 unspecified atom stereocenters. The Bertz CT molecular complexity index is 1220. The van der Waals surface area contributed by atoms with E-state index in [-0.39, 0.29) is 24.1 Å². The molecule has 0 saturated carbocycles. The largest absolute Gasteiger partial charge is 0.379 e. The molecule has 0 aliphatic carbocycles. The molecule has 150 valence electrons. The summed E-state index contributed by atoms with van der Waals surface area (Å²) in [4.78, 5) is 24.8. The van der Waals surface area contributed by atoms with Crippen LogP contribution in [-0.2, 0) is 11.3 Å². The summed E-state index contributed by atoms with van der Waals surface area (Å²) in [5.74, 6) is -0.347. The highest BCUT2D eigenvalue weighted by Crippen LogP contribution is 2.20. The lowest BCUT2D eigenvalue weighted by atomic mass is 10.1. The Kier molecular flexibility index (Phi) is 5.52. The van der Waals surface area contributed by atoms with Gasteiger partial charge in [-0.05, 0) is 48.9 Å². The molecule has 1 heterocycles. The first-order valence-electron chi connectivity index (χ1n) is 9.64. The number of fused-ring (bicyclic) bond motifs is 1. The second-order valence-electron chi connectivity index (χ2n) is 6.97. The smallest absolute Gasteiger partial charge is 0.278 e. The lowest BCUT2D eigenvalue weighted by molar-refractivity contribution is -0.117. The molecule has 7 heteroatoms. The van der Waals surface area contributed by atoms with Crippen LogP contribution in [0.25, 0.3) is 10.9 Å². The second kappa shape index (κ2) is 8.57. The van der Waals surface area contributed by atoms with Crippen LogP contribution in [0, 0.1) is 0 Å². The van der Waals surface area contributed by atoms with Crippen molar-refractivity contribution < 1.29 is 4.79 Å². The zero-order valence-corrected chi connectivity index (χ0v) is 16.4. The average Bonchev–Trinajstić information content (AvgIpc) is 2.78. The van der Waals surface area contributed by atoms with Crippen molar-refractivity contribution in [3.05, 3.63) is 94.8 Å². The molecule has 4 rings (SSSR count). The Morgan fingerprint density at radius 2 is 1.60 bits per heavy atom. The summed E-state index contributed by atoms with van der Waals surface area (Å²) in [6.07, 6.45) is 0. The van der Waals surface area contributed by atoms with Crippen LogP contribution in [0.1, 0.15) is 18.5 Å². The van der Waals surface area contributed by atoms with Crippen molar-refractivity contribution in [3.8, 4) is 0 Å². The van der Waals surface area contributed by atoms with Crippen LogP contribution in [0.4, 0.5) is 11.4 Å². The van der Waals surface area contributed by atoms with E-state index in [1.165, 1.54) is 5.56 Å². The molecule has 0 aliphatic rings. The molecule has 0 bridgehead atoms. The zero-order chi connectivity index (χ0) is 20.9. The highest BCUT2D eigenvalue weighted by Gasteiger charge is 2.10. The summed E-state index contributed by atoms with van der Waals surface area (Å²) in [6.45, 7) is 1.88. The molecule has 0 fully saturated rings. The molecule has 3 aromatic carbocycles. The lowest BCUT2D eigenvalue weighted by Crippen LogP contribution is -2.30. The quantitative estimate of drug-likeness (QED) is 0.517. The first-order chi connectivity index (χ1) is 14.6. The van der Waals surface area contributed by atoms with Crippen molar-refractivity contribution in [1.82, 2.24) is 15.0 Å². The van der Waals surface area contributed by atoms with E-state index in [4.69, 9.17) is 0 Å². The highest BCUT2D eigenvalue weighted by atomic mass is 16.2. The van der Waals surface area contributed by atoms with Gasteiger partial charge in [0.25, 0.3) is 5.56 Å². The minimum Gasteiger partial charge on any atom is -0.379 e. The molecule has 1 amide bonds. The van der Waals surface area contributed by atoms with Crippen LogP contribution < -0.4 is 16.2 Å². The number of hydrogen-bond donors (Lipinski definition) is 2. The minimum atomic E-state index is -0.347. The van der Waals surface area contributed by atoms with Crippen molar-refractivity contribution in [2.45, 2.75) is 19.5 Å². The van der Waals surface area contributed by atoms with E-state index in [1.54, 1.807) is 24.3 Å². The highest BCUT2D eigenvalue weighted by molar-refractivity contribution is 5.90. The number of rotatable bonds is 6. The van der Waals surface area contributed by atoms with E-state index in [2.05, 4.69) is 40.0 Å². The summed E-state index contributed by atoms with van der Waals surface area (Å²) >= 11 is 0. The fraction of sp³-hybridized carbons (Fsp3) is 0.130. The van der Waals surface area contributed by atoms with Crippen LogP contribution in [0.5, 0.6) is 0 Å². The molecule has 0 aliphatic heterocycles. The van der Waals surface area contributed by atoms with E-state index in [1.807, 2.05) is 42.5 Å². The van der Waals surface area contributed by atoms with Gasteiger partial charge in [-0.25, -0.2) is 4.68 Å². The van der Waals surface area contributed by atoms with Gasteiger partial charge in [0, 0.05) is 17.4 Å². The van der Waals surface area contributed by atoms with E-state index in [0.29, 0.717) is 16.6 Å². The summed E-state index contributed by atoms with van der Waals surface area (Å²) in [5, 5.41) is 14.5. The molecular weight excluding hydrogens is 378 g/mol. The van der Waals surface area contributed by atoms with Gasteiger partial charge in [0.2, 0.25) is 5.91 Å². The number of aromatic nitrogens is 3. The van der Waals surface area contributed by atoms with Crippen LogP contribution in [0.15, 0.2) is 83.7 Å². The van der Waals surface area contributed by atoms with Gasteiger partial charge in [-0.2, -0.15) is 0 Å². The maximum atomic E-state index is 12.5. The molecule has 0 saturated heterocycles. The lowest BCUT2D eigenvalue weighted by Gasteiger charge is -2.16. The number of nitrogens with one attached hydrogen (secondary N) is 2. The number of nitrogens with zero attached hydrogens (tertiary/aromatic N) is 3. The first-order valence-corrected chi connectivity index (χ1v) is 9.64. The molecule has 30 heavy (non-hydrogen) atoms. The molecule has 2 N–H and O–H groups in total. The monoisotopic (exact) mass is 399 g/mol. The molecule has 7 nitrogen and oxygen atoms in total. The zero-order valence-electron chi connectivity index (χ0n) is 16.4. The third-order valence-corrected chi connectivity index (χ3v) is 4.77. The predicted octanol–water partition coefficient (Wildman–Crippen LogP) is 3.60.